The molecule has 29 heavy (non-hydrogen) atoms. The van der Waals surface area contributed by atoms with E-state index in [4.69, 9.17) is 0 Å². The molecule has 148 valence electrons. The highest BCUT2D eigenvalue weighted by molar-refractivity contribution is 6.03. The maximum atomic E-state index is 12.7. The lowest BCUT2D eigenvalue weighted by atomic mass is 10.2. The van der Waals surface area contributed by atoms with Crippen LogP contribution in [-0.4, -0.2) is 29.0 Å². The summed E-state index contributed by atoms with van der Waals surface area (Å²) in [5.41, 5.74) is 4.34. The van der Waals surface area contributed by atoms with Gasteiger partial charge < -0.3 is 15.5 Å². The zero-order valence-electron chi connectivity index (χ0n) is 16.8. The van der Waals surface area contributed by atoms with Crippen LogP contribution in [0.4, 0.5) is 22.9 Å². The fraction of sp³-hybridized carbons (Fsp3) is 0.261. The summed E-state index contributed by atoms with van der Waals surface area (Å²) >= 11 is 0. The second-order valence-electron chi connectivity index (χ2n) is 7.32. The van der Waals surface area contributed by atoms with E-state index in [0.29, 0.717) is 17.3 Å². The number of rotatable bonds is 5. The van der Waals surface area contributed by atoms with Crippen molar-refractivity contribution in [3.63, 3.8) is 0 Å². The molecule has 2 aromatic carbocycles. The molecule has 0 aliphatic carbocycles. The number of amides is 1. The first kappa shape index (κ1) is 18.9. The van der Waals surface area contributed by atoms with Gasteiger partial charge in [-0.25, -0.2) is 9.97 Å². The molecule has 0 unspecified atom stereocenters. The van der Waals surface area contributed by atoms with Crippen LogP contribution >= 0.6 is 0 Å². The molecular formula is C23H25N5O. The van der Waals surface area contributed by atoms with Crippen LogP contribution in [0.15, 0.2) is 54.6 Å². The topological polar surface area (TPSA) is 70.2 Å². The van der Waals surface area contributed by atoms with Crippen LogP contribution in [0.1, 0.15) is 34.7 Å². The van der Waals surface area contributed by atoms with Gasteiger partial charge in [-0.3, -0.25) is 4.79 Å². The summed E-state index contributed by atoms with van der Waals surface area (Å²) in [4.78, 5) is 23.8. The number of benzene rings is 2. The third-order valence-electron chi connectivity index (χ3n) is 5.07. The predicted octanol–water partition coefficient (Wildman–Crippen LogP) is 4.69. The van der Waals surface area contributed by atoms with E-state index in [2.05, 4.69) is 37.6 Å². The van der Waals surface area contributed by atoms with Gasteiger partial charge in [0.25, 0.3) is 5.91 Å². The number of aromatic nitrogens is 2. The number of hydrogen-bond donors (Lipinski definition) is 2. The van der Waals surface area contributed by atoms with E-state index >= 15 is 0 Å². The molecule has 0 atom stereocenters. The lowest BCUT2D eigenvalue weighted by molar-refractivity contribution is 0.102. The number of hydrogen-bond acceptors (Lipinski definition) is 5. The van der Waals surface area contributed by atoms with Crippen LogP contribution in [-0.2, 0) is 0 Å². The summed E-state index contributed by atoms with van der Waals surface area (Å²) in [6.07, 6.45) is 2.48. The summed E-state index contributed by atoms with van der Waals surface area (Å²) in [7, 11) is 0. The molecule has 0 spiro atoms. The van der Waals surface area contributed by atoms with Gasteiger partial charge in [-0.05, 0) is 62.6 Å². The van der Waals surface area contributed by atoms with Gasteiger partial charge in [0.1, 0.15) is 17.3 Å². The first-order valence-corrected chi connectivity index (χ1v) is 9.93. The number of para-hydroxylation sites is 1. The Morgan fingerprint density at radius 3 is 2.41 bits per heavy atom. The number of carbonyl (C=O) groups excluding carboxylic acids is 1. The molecule has 1 aliphatic heterocycles. The van der Waals surface area contributed by atoms with Crippen molar-refractivity contribution in [2.24, 2.45) is 0 Å². The molecular weight excluding hydrogens is 362 g/mol. The van der Waals surface area contributed by atoms with Crippen molar-refractivity contribution in [3.8, 4) is 0 Å². The fourth-order valence-electron chi connectivity index (χ4n) is 3.53. The molecule has 1 saturated heterocycles. The molecule has 0 saturated carbocycles. The van der Waals surface area contributed by atoms with Crippen LogP contribution in [0.5, 0.6) is 0 Å². The average Bonchev–Trinajstić information content (AvgIpc) is 3.25. The highest BCUT2D eigenvalue weighted by Crippen LogP contribution is 2.23. The zero-order chi connectivity index (χ0) is 20.2. The molecule has 0 radical (unpaired) electrons. The minimum Gasteiger partial charge on any atom is -0.372 e. The predicted molar refractivity (Wildman–Crippen MR) is 117 cm³/mol. The van der Waals surface area contributed by atoms with Gasteiger partial charge in [0.15, 0.2) is 0 Å². The third kappa shape index (κ3) is 4.54. The van der Waals surface area contributed by atoms with Crippen molar-refractivity contribution in [3.05, 3.63) is 71.7 Å². The van der Waals surface area contributed by atoms with E-state index in [0.717, 1.165) is 30.0 Å². The monoisotopic (exact) mass is 387 g/mol. The molecule has 3 aromatic rings. The van der Waals surface area contributed by atoms with Crippen LogP contribution in [0.3, 0.4) is 0 Å². The Morgan fingerprint density at radius 2 is 1.69 bits per heavy atom. The van der Waals surface area contributed by atoms with Crippen molar-refractivity contribution in [1.82, 2.24) is 9.97 Å². The Morgan fingerprint density at radius 1 is 0.966 bits per heavy atom. The number of nitrogens with zero attached hydrogens (tertiary/aromatic N) is 3. The smallest absolute Gasteiger partial charge is 0.274 e. The van der Waals surface area contributed by atoms with Crippen molar-refractivity contribution >= 4 is 28.8 Å². The Hall–Kier alpha value is -3.41. The van der Waals surface area contributed by atoms with Crippen LogP contribution in [0.25, 0.3) is 0 Å². The summed E-state index contributed by atoms with van der Waals surface area (Å²) in [6.45, 7) is 6.01. The van der Waals surface area contributed by atoms with Crippen molar-refractivity contribution in [1.29, 1.82) is 0 Å². The summed E-state index contributed by atoms with van der Waals surface area (Å²) in [6, 6.07) is 17.6. The fourth-order valence-corrected chi connectivity index (χ4v) is 3.53. The minimum absolute atomic E-state index is 0.253. The molecule has 1 fully saturated rings. The van der Waals surface area contributed by atoms with Crippen LogP contribution in [0.2, 0.25) is 0 Å². The van der Waals surface area contributed by atoms with Gasteiger partial charge in [0, 0.05) is 36.2 Å². The van der Waals surface area contributed by atoms with Gasteiger partial charge in [-0.1, -0.05) is 18.2 Å². The normalized spacial score (nSPS) is 13.4. The van der Waals surface area contributed by atoms with Gasteiger partial charge in [-0.2, -0.15) is 0 Å². The Bertz CT molecular complexity index is 1010. The Balaban J connectivity index is 1.48. The van der Waals surface area contributed by atoms with Crippen molar-refractivity contribution < 1.29 is 4.79 Å². The molecule has 6 heteroatoms. The SMILES string of the molecule is Cc1nc(Nc2ccccc2C)cc(C(=O)Nc2ccc(N3CCCC3)cc2)n1. The van der Waals surface area contributed by atoms with Gasteiger partial charge in [0.05, 0.1) is 0 Å². The Kier molecular flexibility index (Phi) is 5.42. The number of nitrogens with one attached hydrogen (secondary N) is 2. The van der Waals surface area contributed by atoms with Crippen LogP contribution in [0, 0.1) is 13.8 Å². The van der Waals surface area contributed by atoms with Crippen LogP contribution < -0.4 is 15.5 Å². The van der Waals surface area contributed by atoms with E-state index < -0.39 is 0 Å². The van der Waals surface area contributed by atoms with Crippen molar-refractivity contribution in [2.45, 2.75) is 26.7 Å². The second-order valence-corrected chi connectivity index (χ2v) is 7.32. The highest BCUT2D eigenvalue weighted by atomic mass is 16.1. The first-order valence-electron chi connectivity index (χ1n) is 9.93. The first-order chi connectivity index (χ1) is 14.1. The van der Waals surface area contributed by atoms with Crippen molar-refractivity contribution in [2.75, 3.05) is 28.6 Å². The van der Waals surface area contributed by atoms with Gasteiger partial charge >= 0.3 is 0 Å². The average molecular weight is 387 g/mol. The minimum atomic E-state index is -0.253. The maximum Gasteiger partial charge on any atom is 0.274 e. The molecule has 2 N–H and O–H groups in total. The zero-order valence-corrected chi connectivity index (χ0v) is 16.8. The molecule has 1 aromatic heterocycles. The maximum absolute atomic E-state index is 12.7. The lowest BCUT2D eigenvalue weighted by Gasteiger charge is -2.17. The summed E-state index contributed by atoms with van der Waals surface area (Å²) < 4.78 is 0. The second kappa shape index (κ2) is 8.31. The molecule has 6 nitrogen and oxygen atoms in total. The number of aryl methyl sites for hydroxylation is 2. The molecule has 1 aliphatic rings. The van der Waals surface area contributed by atoms with E-state index in [1.807, 2.05) is 43.3 Å². The molecule has 0 bridgehead atoms. The standard InChI is InChI=1S/C23H25N5O/c1-16-7-3-4-8-20(16)27-22-15-21(24-17(2)25-22)23(29)26-18-9-11-19(12-10-18)28-13-5-6-14-28/h3-4,7-12,15H,5-6,13-14H2,1-2H3,(H,26,29)(H,24,25,27). The largest absolute Gasteiger partial charge is 0.372 e. The van der Waals surface area contributed by atoms with Gasteiger partial charge in [-0.15, -0.1) is 0 Å². The highest BCUT2D eigenvalue weighted by Gasteiger charge is 2.14. The van der Waals surface area contributed by atoms with E-state index in [-0.39, 0.29) is 5.91 Å². The molecule has 4 rings (SSSR count). The van der Waals surface area contributed by atoms with Gasteiger partial charge in [0.2, 0.25) is 0 Å². The van der Waals surface area contributed by atoms with E-state index in [1.165, 1.54) is 18.5 Å². The van der Waals surface area contributed by atoms with E-state index in [1.54, 1.807) is 13.0 Å². The van der Waals surface area contributed by atoms with E-state index in [9.17, 15) is 4.79 Å². The third-order valence-corrected chi connectivity index (χ3v) is 5.07. The molecule has 1 amide bonds. The Labute approximate surface area is 171 Å². The number of carbonyl (C=O) groups is 1. The summed E-state index contributed by atoms with van der Waals surface area (Å²) in [5, 5.41) is 6.20. The number of anilines is 4. The lowest BCUT2D eigenvalue weighted by Crippen LogP contribution is -2.18. The molecule has 2 heterocycles. The quantitative estimate of drug-likeness (QED) is 0.665. The summed E-state index contributed by atoms with van der Waals surface area (Å²) in [5.74, 6) is 0.886.